The SMILES string of the molecule is C=C/C(=C1/C=CC=CC1=NC)C1CCC(CC(=O)NN)CC1. The zero-order valence-electron chi connectivity index (χ0n) is 13.2. The first-order valence-electron chi connectivity index (χ1n) is 7.87. The van der Waals surface area contributed by atoms with Gasteiger partial charge in [0.2, 0.25) is 5.91 Å². The van der Waals surface area contributed by atoms with Crippen LogP contribution in [0.4, 0.5) is 0 Å². The number of nitrogens with two attached hydrogens (primary N) is 1. The summed E-state index contributed by atoms with van der Waals surface area (Å²) in [5.41, 5.74) is 5.71. The highest BCUT2D eigenvalue weighted by atomic mass is 16.2. The Hall–Kier alpha value is -1.94. The average molecular weight is 299 g/mol. The zero-order chi connectivity index (χ0) is 15.9. The maximum atomic E-state index is 11.4. The van der Waals surface area contributed by atoms with Gasteiger partial charge in [-0.1, -0.05) is 30.9 Å². The van der Waals surface area contributed by atoms with E-state index in [0.717, 1.165) is 31.4 Å². The Bertz CT molecular complexity index is 547. The number of nitrogens with zero attached hydrogens (tertiary/aromatic N) is 1. The molecule has 118 valence electrons. The van der Waals surface area contributed by atoms with Crippen LogP contribution in [0.3, 0.4) is 0 Å². The molecule has 2 rings (SSSR count). The van der Waals surface area contributed by atoms with Crippen molar-refractivity contribution in [3.05, 3.63) is 48.1 Å². The molecule has 4 heteroatoms. The highest BCUT2D eigenvalue weighted by molar-refractivity contribution is 6.12. The molecule has 0 unspecified atom stereocenters. The Morgan fingerprint density at radius 1 is 1.36 bits per heavy atom. The smallest absolute Gasteiger partial charge is 0.234 e. The number of rotatable bonds is 4. The number of carbonyl (C=O) groups excluding carboxylic acids is 1. The standard InChI is InChI=1S/C18H25N3O/c1-3-15(16-6-4-5-7-17(16)20-2)14-10-8-13(9-11-14)12-18(22)21-19/h3-7,13-14H,1,8-12,19H2,2H3,(H,21,22)/b16-15+,20-17?. The van der Waals surface area contributed by atoms with Crippen molar-refractivity contribution in [1.82, 2.24) is 5.43 Å². The summed E-state index contributed by atoms with van der Waals surface area (Å²) in [6, 6.07) is 0. The lowest BCUT2D eigenvalue weighted by atomic mass is 9.75. The number of amides is 1. The van der Waals surface area contributed by atoms with Crippen molar-refractivity contribution in [3.63, 3.8) is 0 Å². The summed E-state index contributed by atoms with van der Waals surface area (Å²) >= 11 is 0. The zero-order valence-corrected chi connectivity index (χ0v) is 13.2. The summed E-state index contributed by atoms with van der Waals surface area (Å²) in [5.74, 6) is 6.04. The molecule has 3 N–H and O–H groups in total. The molecule has 0 aromatic carbocycles. The summed E-state index contributed by atoms with van der Waals surface area (Å²) in [6.45, 7) is 4.01. The first-order valence-corrected chi connectivity index (χ1v) is 7.87. The summed E-state index contributed by atoms with van der Waals surface area (Å²) in [7, 11) is 1.82. The lowest BCUT2D eigenvalue weighted by Gasteiger charge is -2.30. The minimum atomic E-state index is -0.0634. The summed E-state index contributed by atoms with van der Waals surface area (Å²) < 4.78 is 0. The second-order valence-corrected chi connectivity index (χ2v) is 5.89. The van der Waals surface area contributed by atoms with Crippen molar-refractivity contribution >= 4 is 11.6 Å². The summed E-state index contributed by atoms with van der Waals surface area (Å²) in [5, 5.41) is 0. The highest BCUT2D eigenvalue weighted by Crippen LogP contribution is 2.37. The molecule has 0 saturated heterocycles. The molecule has 0 aromatic rings. The third-order valence-corrected chi connectivity index (χ3v) is 4.60. The normalized spacial score (nSPS) is 28.5. The predicted molar refractivity (Wildman–Crippen MR) is 91.3 cm³/mol. The lowest BCUT2D eigenvalue weighted by Crippen LogP contribution is -2.32. The van der Waals surface area contributed by atoms with E-state index in [9.17, 15) is 4.79 Å². The first kappa shape index (κ1) is 16.4. The molecule has 0 heterocycles. The number of carbonyl (C=O) groups is 1. The Morgan fingerprint density at radius 2 is 2.05 bits per heavy atom. The molecular weight excluding hydrogens is 274 g/mol. The molecular formula is C18H25N3O. The van der Waals surface area contributed by atoms with Crippen molar-refractivity contribution < 1.29 is 4.79 Å². The Morgan fingerprint density at radius 3 is 2.64 bits per heavy atom. The van der Waals surface area contributed by atoms with Gasteiger partial charge in [0.1, 0.15) is 0 Å². The van der Waals surface area contributed by atoms with Gasteiger partial charge in [-0.3, -0.25) is 15.2 Å². The van der Waals surface area contributed by atoms with Crippen LogP contribution in [0.1, 0.15) is 32.1 Å². The van der Waals surface area contributed by atoms with Crippen molar-refractivity contribution in [2.45, 2.75) is 32.1 Å². The molecule has 1 fully saturated rings. The maximum Gasteiger partial charge on any atom is 0.234 e. The number of hydrazine groups is 1. The van der Waals surface area contributed by atoms with Crippen LogP contribution in [0.15, 0.2) is 53.1 Å². The van der Waals surface area contributed by atoms with Crippen molar-refractivity contribution in [3.8, 4) is 0 Å². The summed E-state index contributed by atoms with van der Waals surface area (Å²) in [4.78, 5) is 15.8. The Balaban J connectivity index is 2.08. The van der Waals surface area contributed by atoms with Gasteiger partial charge in [0.05, 0.1) is 5.71 Å². The predicted octanol–water partition coefficient (Wildman–Crippen LogP) is 2.85. The number of nitrogens with one attached hydrogen (secondary N) is 1. The highest BCUT2D eigenvalue weighted by Gasteiger charge is 2.26. The Labute approximate surface area is 132 Å². The largest absolute Gasteiger partial charge is 0.294 e. The molecule has 2 aliphatic carbocycles. The van der Waals surface area contributed by atoms with E-state index in [1.54, 1.807) is 0 Å². The second-order valence-electron chi connectivity index (χ2n) is 5.89. The van der Waals surface area contributed by atoms with E-state index < -0.39 is 0 Å². The van der Waals surface area contributed by atoms with Gasteiger partial charge < -0.3 is 0 Å². The first-order chi connectivity index (χ1) is 10.7. The van der Waals surface area contributed by atoms with Crippen LogP contribution in [0.2, 0.25) is 0 Å². The van der Waals surface area contributed by atoms with Gasteiger partial charge in [-0.25, -0.2) is 5.84 Å². The molecule has 0 atom stereocenters. The second kappa shape index (κ2) is 7.90. The fraction of sp³-hybridized carbons (Fsp3) is 0.444. The van der Waals surface area contributed by atoms with E-state index in [1.165, 1.54) is 11.1 Å². The minimum Gasteiger partial charge on any atom is -0.294 e. The average Bonchev–Trinajstić information content (AvgIpc) is 2.57. The number of allylic oxidation sites excluding steroid dienone is 7. The van der Waals surface area contributed by atoms with Gasteiger partial charge in [0.25, 0.3) is 0 Å². The summed E-state index contributed by atoms with van der Waals surface area (Å²) in [6.07, 6.45) is 15.0. The number of aliphatic imine (C=N–C) groups is 1. The maximum absolute atomic E-state index is 11.4. The fourth-order valence-corrected chi connectivity index (χ4v) is 3.41. The quantitative estimate of drug-likeness (QED) is 0.476. The number of hydrogen-bond donors (Lipinski definition) is 2. The molecule has 1 saturated carbocycles. The van der Waals surface area contributed by atoms with Gasteiger partial charge in [0.15, 0.2) is 0 Å². The van der Waals surface area contributed by atoms with Crippen LogP contribution in [-0.4, -0.2) is 18.7 Å². The van der Waals surface area contributed by atoms with E-state index in [-0.39, 0.29) is 5.91 Å². The monoisotopic (exact) mass is 299 g/mol. The minimum absolute atomic E-state index is 0.0634. The molecule has 2 aliphatic rings. The molecule has 0 aliphatic heterocycles. The fourth-order valence-electron chi connectivity index (χ4n) is 3.41. The topological polar surface area (TPSA) is 67.5 Å². The van der Waals surface area contributed by atoms with Crippen LogP contribution in [0.5, 0.6) is 0 Å². The van der Waals surface area contributed by atoms with Gasteiger partial charge in [-0.15, -0.1) is 0 Å². The van der Waals surface area contributed by atoms with Crippen molar-refractivity contribution in [1.29, 1.82) is 0 Å². The van der Waals surface area contributed by atoms with Crippen LogP contribution in [0.25, 0.3) is 0 Å². The van der Waals surface area contributed by atoms with Gasteiger partial charge in [0, 0.05) is 19.0 Å². The molecule has 0 aromatic heterocycles. The van der Waals surface area contributed by atoms with Gasteiger partial charge >= 0.3 is 0 Å². The van der Waals surface area contributed by atoms with E-state index >= 15 is 0 Å². The van der Waals surface area contributed by atoms with Crippen LogP contribution < -0.4 is 11.3 Å². The van der Waals surface area contributed by atoms with E-state index in [1.807, 2.05) is 31.4 Å². The van der Waals surface area contributed by atoms with E-state index in [4.69, 9.17) is 5.84 Å². The van der Waals surface area contributed by atoms with E-state index in [0.29, 0.717) is 18.3 Å². The van der Waals surface area contributed by atoms with Crippen molar-refractivity contribution in [2.24, 2.45) is 22.7 Å². The third-order valence-electron chi connectivity index (χ3n) is 4.60. The van der Waals surface area contributed by atoms with Crippen LogP contribution >= 0.6 is 0 Å². The third kappa shape index (κ3) is 3.83. The molecule has 0 spiro atoms. The molecule has 0 bridgehead atoms. The molecule has 22 heavy (non-hydrogen) atoms. The number of hydrogen-bond acceptors (Lipinski definition) is 3. The van der Waals surface area contributed by atoms with Crippen LogP contribution in [0, 0.1) is 11.8 Å². The van der Waals surface area contributed by atoms with Gasteiger partial charge in [-0.2, -0.15) is 0 Å². The van der Waals surface area contributed by atoms with Crippen molar-refractivity contribution in [2.75, 3.05) is 7.05 Å². The molecule has 0 radical (unpaired) electrons. The lowest BCUT2D eigenvalue weighted by molar-refractivity contribution is -0.122. The van der Waals surface area contributed by atoms with Gasteiger partial charge in [-0.05, 0) is 49.2 Å². The van der Waals surface area contributed by atoms with Crippen LogP contribution in [-0.2, 0) is 4.79 Å². The molecule has 4 nitrogen and oxygen atoms in total. The molecule has 1 amide bonds. The van der Waals surface area contributed by atoms with E-state index in [2.05, 4.69) is 23.1 Å². The Kier molecular flexibility index (Phi) is 5.90.